The molecule has 0 aromatic rings. The van der Waals surface area contributed by atoms with Crippen LogP contribution in [-0.4, -0.2) is 67.9 Å². The van der Waals surface area contributed by atoms with Crippen LogP contribution < -0.4 is 11.2 Å². The molecule has 0 aromatic heterocycles. The van der Waals surface area contributed by atoms with Crippen LogP contribution in [0.15, 0.2) is 5.10 Å². The van der Waals surface area contributed by atoms with Gasteiger partial charge in [0.25, 0.3) is 0 Å². The molecule has 0 radical (unpaired) electrons. The summed E-state index contributed by atoms with van der Waals surface area (Å²) in [6.45, 7) is -0.743. The summed E-state index contributed by atoms with van der Waals surface area (Å²) in [6.07, 6.45) is -5.65. The molecule has 0 saturated carbocycles. The second kappa shape index (κ2) is 7.44. The van der Waals surface area contributed by atoms with E-state index in [2.05, 4.69) is 22.7 Å². The fraction of sp³-hybridized carbons (Fsp3) is 0.714. The molecule has 0 aliphatic rings. The van der Waals surface area contributed by atoms with Crippen LogP contribution in [0.4, 0.5) is 0 Å². The normalized spacial score (nSPS) is 19.1. The van der Waals surface area contributed by atoms with E-state index < -0.39 is 31.0 Å². The van der Waals surface area contributed by atoms with Crippen LogP contribution in [0.1, 0.15) is 0 Å². The second-order valence-corrected chi connectivity index (χ2v) is 3.42. The van der Waals surface area contributed by atoms with E-state index >= 15 is 0 Å². The van der Waals surface area contributed by atoms with E-state index in [-0.39, 0.29) is 5.11 Å². The fourth-order valence-electron chi connectivity index (χ4n) is 0.803. The van der Waals surface area contributed by atoms with Crippen LogP contribution in [0.5, 0.6) is 0 Å². The molecule has 9 heteroatoms. The maximum absolute atomic E-state index is 9.30. The Morgan fingerprint density at radius 2 is 1.88 bits per heavy atom. The van der Waals surface area contributed by atoms with Gasteiger partial charge in [0.15, 0.2) is 5.11 Å². The van der Waals surface area contributed by atoms with Gasteiger partial charge in [-0.15, -0.1) is 0 Å². The average Bonchev–Trinajstić information content (AvgIpc) is 2.25. The number of thiocarbonyl (C=S) groups is 1. The van der Waals surface area contributed by atoms with Crippen molar-refractivity contribution in [1.82, 2.24) is 5.43 Å². The zero-order valence-corrected chi connectivity index (χ0v) is 9.08. The molecule has 0 amide bonds. The van der Waals surface area contributed by atoms with Crippen LogP contribution in [0.3, 0.4) is 0 Å². The zero-order valence-electron chi connectivity index (χ0n) is 8.26. The van der Waals surface area contributed by atoms with E-state index in [0.29, 0.717) is 0 Å². The van der Waals surface area contributed by atoms with Crippen LogP contribution in [0, 0.1) is 0 Å². The molecule has 0 bridgehead atoms. The van der Waals surface area contributed by atoms with Crippen molar-refractivity contribution < 1.29 is 25.5 Å². The summed E-state index contributed by atoms with van der Waals surface area (Å²) >= 11 is 4.41. The number of nitrogens with two attached hydrogens (primary N) is 1. The lowest BCUT2D eigenvalue weighted by Crippen LogP contribution is -2.46. The Hall–Kier alpha value is -0.840. The predicted molar refractivity (Wildman–Crippen MR) is 59.5 cm³/mol. The lowest BCUT2D eigenvalue weighted by molar-refractivity contribution is -0.0999. The highest BCUT2D eigenvalue weighted by atomic mass is 32.1. The Labute approximate surface area is 97.0 Å². The summed E-state index contributed by atoms with van der Waals surface area (Å²) in [5, 5.41) is 48.5. The van der Waals surface area contributed by atoms with Gasteiger partial charge in [0, 0.05) is 0 Å². The Balaban J connectivity index is 4.21. The van der Waals surface area contributed by atoms with E-state index in [1.807, 2.05) is 0 Å². The zero-order chi connectivity index (χ0) is 12.7. The van der Waals surface area contributed by atoms with E-state index in [0.717, 1.165) is 6.21 Å². The molecule has 0 heterocycles. The minimum atomic E-state index is -1.70. The van der Waals surface area contributed by atoms with Crippen LogP contribution in [0.2, 0.25) is 0 Å². The van der Waals surface area contributed by atoms with Gasteiger partial charge in [-0.1, -0.05) is 0 Å². The third-order valence-corrected chi connectivity index (χ3v) is 1.77. The predicted octanol–water partition coefficient (Wildman–Crippen LogP) is -3.76. The Bertz CT molecular complexity index is 252. The third-order valence-electron chi connectivity index (χ3n) is 1.68. The largest absolute Gasteiger partial charge is 0.394 e. The molecule has 4 atom stereocenters. The number of aliphatic hydroxyl groups is 5. The number of hydrogen-bond acceptors (Lipinski definition) is 7. The molecular formula is C7H15N3O5S. The quantitative estimate of drug-likeness (QED) is 0.145. The Morgan fingerprint density at radius 3 is 2.31 bits per heavy atom. The third kappa shape index (κ3) is 5.30. The molecule has 0 spiro atoms. The molecule has 8 N–H and O–H groups in total. The van der Waals surface area contributed by atoms with Gasteiger partial charge in [-0.25, -0.2) is 0 Å². The maximum Gasteiger partial charge on any atom is 0.184 e. The van der Waals surface area contributed by atoms with Gasteiger partial charge in [-0.3, -0.25) is 5.43 Å². The summed E-state index contributed by atoms with van der Waals surface area (Å²) in [5.74, 6) is 0. The van der Waals surface area contributed by atoms with Gasteiger partial charge in [-0.2, -0.15) is 5.10 Å². The van der Waals surface area contributed by atoms with Crippen molar-refractivity contribution in [3.05, 3.63) is 0 Å². The lowest BCUT2D eigenvalue weighted by Gasteiger charge is -2.23. The SMILES string of the molecule is NC(=S)N/N=C\[C@@H](O)[C@@H](O)[C@@H](O)[C@H](O)CO. The molecule has 0 aromatic carbocycles. The first-order valence-electron chi connectivity index (χ1n) is 4.32. The van der Waals surface area contributed by atoms with Crippen molar-refractivity contribution in [3.8, 4) is 0 Å². The fourth-order valence-corrected chi connectivity index (χ4v) is 0.856. The maximum atomic E-state index is 9.30. The van der Waals surface area contributed by atoms with Crippen molar-refractivity contribution in [3.63, 3.8) is 0 Å². The molecule has 0 rings (SSSR count). The van der Waals surface area contributed by atoms with Crippen LogP contribution in [-0.2, 0) is 0 Å². The summed E-state index contributed by atoms with van der Waals surface area (Å²) < 4.78 is 0. The van der Waals surface area contributed by atoms with E-state index in [9.17, 15) is 15.3 Å². The number of nitrogens with one attached hydrogen (secondary N) is 1. The van der Waals surface area contributed by atoms with Crippen LogP contribution in [0.25, 0.3) is 0 Å². The molecular weight excluding hydrogens is 238 g/mol. The summed E-state index contributed by atoms with van der Waals surface area (Å²) in [5.41, 5.74) is 7.15. The molecule has 0 fully saturated rings. The highest BCUT2D eigenvalue weighted by molar-refractivity contribution is 7.80. The van der Waals surface area contributed by atoms with Gasteiger partial charge in [0.2, 0.25) is 0 Å². The molecule has 8 nitrogen and oxygen atoms in total. The number of hydrogen-bond donors (Lipinski definition) is 7. The Kier molecular flexibility index (Phi) is 7.05. The molecule has 0 aliphatic carbocycles. The van der Waals surface area contributed by atoms with Crippen molar-refractivity contribution in [2.75, 3.05) is 6.61 Å². The van der Waals surface area contributed by atoms with Crippen molar-refractivity contribution in [2.45, 2.75) is 24.4 Å². The number of nitrogens with zero attached hydrogens (tertiary/aromatic N) is 1. The first kappa shape index (κ1) is 15.2. The average molecular weight is 253 g/mol. The number of rotatable bonds is 6. The monoisotopic (exact) mass is 253 g/mol. The molecule has 0 saturated heterocycles. The summed E-state index contributed by atoms with van der Waals surface area (Å²) in [4.78, 5) is 0. The minimum absolute atomic E-state index is 0.131. The highest BCUT2D eigenvalue weighted by Gasteiger charge is 2.29. The number of aliphatic hydroxyl groups excluding tert-OH is 5. The van der Waals surface area contributed by atoms with Crippen molar-refractivity contribution in [2.24, 2.45) is 10.8 Å². The van der Waals surface area contributed by atoms with Crippen molar-refractivity contribution in [1.29, 1.82) is 0 Å². The van der Waals surface area contributed by atoms with Gasteiger partial charge < -0.3 is 31.3 Å². The topological polar surface area (TPSA) is 152 Å². The molecule has 0 aliphatic heterocycles. The van der Waals surface area contributed by atoms with E-state index in [4.69, 9.17) is 15.9 Å². The first-order valence-corrected chi connectivity index (χ1v) is 4.72. The lowest BCUT2D eigenvalue weighted by atomic mass is 10.0. The summed E-state index contributed by atoms with van der Waals surface area (Å²) in [6, 6.07) is 0. The standard InChI is InChI=1S/C7H15N3O5S/c8-7(16)10-9-1-3(12)5(14)6(15)4(13)2-11/h1,3-6,11-15H,2H2,(H3,8,10,16)/b9-1-/t3-,4-,5-,6+/m1/s1. The van der Waals surface area contributed by atoms with Gasteiger partial charge >= 0.3 is 0 Å². The molecule has 94 valence electrons. The molecule has 16 heavy (non-hydrogen) atoms. The van der Waals surface area contributed by atoms with Crippen molar-refractivity contribution >= 4 is 23.5 Å². The van der Waals surface area contributed by atoms with Gasteiger partial charge in [-0.05, 0) is 12.2 Å². The highest BCUT2D eigenvalue weighted by Crippen LogP contribution is 2.03. The Morgan fingerprint density at radius 1 is 1.31 bits per heavy atom. The second-order valence-electron chi connectivity index (χ2n) is 2.98. The smallest absolute Gasteiger partial charge is 0.184 e. The molecule has 0 unspecified atom stereocenters. The van der Waals surface area contributed by atoms with Crippen LogP contribution >= 0.6 is 12.2 Å². The van der Waals surface area contributed by atoms with E-state index in [1.165, 1.54) is 0 Å². The first-order chi connectivity index (χ1) is 7.40. The summed E-state index contributed by atoms with van der Waals surface area (Å²) in [7, 11) is 0. The van der Waals surface area contributed by atoms with Gasteiger partial charge in [0.05, 0.1) is 12.8 Å². The minimum Gasteiger partial charge on any atom is -0.394 e. The van der Waals surface area contributed by atoms with E-state index in [1.54, 1.807) is 0 Å². The number of hydrazone groups is 1. The van der Waals surface area contributed by atoms with Gasteiger partial charge in [0.1, 0.15) is 24.4 Å².